The minimum atomic E-state index is -0.532. The van der Waals surface area contributed by atoms with Crippen LogP contribution >= 0.6 is 0 Å². The Morgan fingerprint density at radius 1 is 1.23 bits per heavy atom. The van der Waals surface area contributed by atoms with E-state index in [0.717, 1.165) is 26.2 Å². The first-order valence-corrected chi connectivity index (χ1v) is 8.65. The Morgan fingerprint density at radius 2 is 2.08 bits per heavy atom. The number of benzene rings is 1. The molecule has 1 aromatic rings. The number of anilines is 1. The molecule has 2 fully saturated rings. The van der Waals surface area contributed by atoms with Crippen molar-refractivity contribution in [3.05, 3.63) is 23.8 Å². The third kappa shape index (κ3) is 4.13. The van der Waals surface area contributed by atoms with Gasteiger partial charge < -0.3 is 20.1 Å². The molecule has 2 atom stereocenters. The van der Waals surface area contributed by atoms with E-state index in [0.29, 0.717) is 17.9 Å². The summed E-state index contributed by atoms with van der Waals surface area (Å²) < 4.78 is 9.92. The van der Waals surface area contributed by atoms with Crippen LogP contribution in [-0.2, 0) is 9.53 Å². The number of nitrogens with one attached hydrogen (secondary N) is 4. The molecule has 9 heteroatoms. The smallest absolute Gasteiger partial charge is 0.340 e. The average Bonchev–Trinajstić information content (AvgIpc) is 3.22. The van der Waals surface area contributed by atoms with Crippen LogP contribution in [0.25, 0.3) is 0 Å². The van der Waals surface area contributed by atoms with Crippen LogP contribution in [-0.4, -0.2) is 63.0 Å². The fraction of sp³-hybridized carbons (Fsp3) is 0.529. The molecule has 2 saturated heterocycles. The first-order valence-electron chi connectivity index (χ1n) is 8.65. The largest absolute Gasteiger partial charge is 0.497 e. The van der Waals surface area contributed by atoms with Gasteiger partial charge in [-0.15, -0.1) is 0 Å². The zero-order valence-electron chi connectivity index (χ0n) is 15.0. The van der Waals surface area contributed by atoms with Gasteiger partial charge in [-0.3, -0.25) is 9.69 Å². The standard InChI is InChI=1S/C17H25N5O4/c1-25-11-3-4-13(12(9-11)17(24)26-2)19-16(23)14-5-6-15(21-20-14)22-8-7-18-10-22/h3-4,9,14-15,18,20-21H,5-8,10H2,1-2H3,(H,19,23). The quantitative estimate of drug-likeness (QED) is 0.536. The van der Waals surface area contributed by atoms with E-state index in [1.54, 1.807) is 18.2 Å². The SMILES string of the molecule is COC(=O)c1cc(OC)ccc1NC(=O)C1CCC(N2CCNC2)NN1. The fourth-order valence-corrected chi connectivity index (χ4v) is 3.18. The molecular weight excluding hydrogens is 338 g/mol. The van der Waals surface area contributed by atoms with Gasteiger partial charge in [-0.2, -0.15) is 0 Å². The van der Waals surface area contributed by atoms with Crippen molar-refractivity contribution in [3.63, 3.8) is 0 Å². The molecule has 2 unspecified atom stereocenters. The topological polar surface area (TPSA) is 104 Å². The van der Waals surface area contributed by atoms with Crippen molar-refractivity contribution in [2.45, 2.75) is 25.0 Å². The molecular formula is C17H25N5O4. The van der Waals surface area contributed by atoms with E-state index >= 15 is 0 Å². The number of carbonyl (C=O) groups is 2. The van der Waals surface area contributed by atoms with Gasteiger partial charge in [0.15, 0.2) is 0 Å². The van der Waals surface area contributed by atoms with Gasteiger partial charge in [0, 0.05) is 19.8 Å². The second kappa shape index (κ2) is 8.45. The van der Waals surface area contributed by atoms with Crippen molar-refractivity contribution < 1.29 is 19.1 Å². The van der Waals surface area contributed by atoms with E-state index in [1.807, 2.05) is 0 Å². The summed E-state index contributed by atoms with van der Waals surface area (Å²) >= 11 is 0. The van der Waals surface area contributed by atoms with Crippen LogP contribution in [0.2, 0.25) is 0 Å². The number of hydrazine groups is 1. The maximum Gasteiger partial charge on any atom is 0.340 e. The maximum atomic E-state index is 12.6. The van der Waals surface area contributed by atoms with Gasteiger partial charge in [-0.25, -0.2) is 15.6 Å². The summed E-state index contributed by atoms with van der Waals surface area (Å²) in [7, 11) is 2.81. The Labute approximate surface area is 152 Å². The van der Waals surface area contributed by atoms with E-state index in [-0.39, 0.29) is 23.7 Å². The summed E-state index contributed by atoms with van der Waals surface area (Å²) in [6.07, 6.45) is 1.77. The van der Waals surface area contributed by atoms with Crippen molar-refractivity contribution in [2.75, 3.05) is 39.3 Å². The second-order valence-electron chi connectivity index (χ2n) is 6.30. The molecule has 0 saturated carbocycles. The molecule has 0 aliphatic carbocycles. The Balaban J connectivity index is 1.62. The van der Waals surface area contributed by atoms with Crippen molar-refractivity contribution in [2.24, 2.45) is 0 Å². The van der Waals surface area contributed by atoms with E-state index in [2.05, 4.69) is 26.4 Å². The van der Waals surface area contributed by atoms with Crippen LogP contribution in [0.1, 0.15) is 23.2 Å². The number of hydrogen-bond acceptors (Lipinski definition) is 8. The van der Waals surface area contributed by atoms with Gasteiger partial charge in [-0.1, -0.05) is 0 Å². The molecule has 4 N–H and O–H groups in total. The highest BCUT2D eigenvalue weighted by molar-refractivity contribution is 6.03. The van der Waals surface area contributed by atoms with Crippen LogP contribution in [0.15, 0.2) is 18.2 Å². The van der Waals surface area contributed by atoms with Gasteiger partial charge in [0.2, 0.25) is 5.91 Å². The number of methoxy groups -OCH3 is 2. The van der Waals surface area contributed by atoms with Gasteiger partial charge in [0.25, 0.3) is 0 Å². The van der Waals surface area contributed by atoms with E-state index in [9.17, 15) is 9.59 Å². The summed E-state index contributed by atoms with van der Waals surface area (Å²) in [5, 5.41) is 6.10. The third-order valence-electron chi connectivity index (χ3n) is 4.69. The number of amides is 1. The summed E-state index contributed by atoms with van der Waals surface area (Å²) in [6, 6.07) is 4.49. The summed E-state index contributed by atoms with van der Waals surface area (Å²) in [6.45, 7) is 2.82. The zero-order valence-corrected chi connectivity index (χ0v) is 15.0. The number of esters is 1. The fourth-order valence-electron chi connectivity index (χ4n) is 3.18. The lowest BCUT2D eigenvalue weighted by molar-refractivity contribution is -0.119. The monoisotopic (exact) mass is 363 g/mol. The van der Waals surface area contributed by atoms with Gasteiger partial charge in [0.1, 0.15) is 11.8 Å². The Morgan fingerprint density at radius 3 is 2.69 bits per heavy atom. The predicted octanol–water partition coefficient (Wildman–Crippen LogP) is -0.134. The lowest BCUT2D eigenvalue weighted by Crippen LogP contribution is -2.60. The second-order valence-corrected chi connectivity index (χ2v) is 6.30. The van der Waals surface area contributed by atoms with E-state index in [1.165, 1.54) is 14.2 Å². The number of hydrogen-bond donors (Lipinski definition) is 4. The van der Waals surface area contributed by atoms with Crippen molar-refractivity contribution in [3.8, 4) is 5.75 Å². The van der Waals surface area contributed by atoms with Crippen molar-refractivity contribution in [1.82, 2.24) is 21.1 Å². The molecule has 3 rings (SSSR count). The van der Waals surface area contributed by atoms with Gasteiger partial charge in [-0.05, 0) is 31.0 Å². The minimum absolute atomic E-state index is 0.203. The first-order chi connectivity index (χ1) is 12.6. The number of rotatable bonds is 5. The van der Waals surface area contributed by atoms with Crippen LogP contribution < -0.4 is 26.2 Å². The average molecular weight is 363 g/mol. The van der Waals surface area contributed by atoms with E-state index < -0.39 is 5.97 Å². The predicted molar refractivity (Wildman–Crippen MR) is 95.6 cm³/mol. The van der Waals surface area contributed by atoms with Crippen LogP contribution in [0, 0.1) is 0 Å². The molecule has 142 valence electrons. The summed E-state index contributed by atoms with van der Waals surface area (Å²) in [4.78, 5) is 26.9. The molecule has 26 heavy (non-hydrogen) atoms. The molecule has 1 amide bonds. The van der Waals surface area contributed by atoms with Crippen LogP contribution in [0.5, 0.6) is 5.75 Å². The first kappa shape index (κ1) is 18.6. The number of nitrogens with zero attached hydrogens (tertiary/aromatic N) is 1. The van der Waals surface area contributed by atoms with E-state index in [4.69, 9.17) is 9.47 Å². The van der Waals surface area contributed by atoms with Gasteiger partial charge >= 0.3 is 5.97 Å². The Bertz CT molecular complexity index is 655. The highest BCUT2D eigenvalue weighted by Crippen LogP contribution is 2.23. The summed E-state index contributed by atoms with van der Waals surface area (Å²) in [5.74, 6) is -0.218. The highest BCUT2D eigenvalue weighted by atomic mass is 16.5. The molecule has 0 radical (unpaired) electrons. The van der Waals surface area contributed by atoms with Crippen molar-refractivity contribution >= 4 is 17.6 Å². The summed E-state index contributed by atoms with van der Waals surface area (Å²) in [5.41, 5.74) is 6.94. The molecule has 0 bridgehead atoms. The molecule has 2 heterocycles. The molecule has 9 nitrogen and oxygen atoms in total. The molecule has 0 aromatic heterocycles. The normalized spacial score (nSPS) is 23.5. The highest BCUT2D eigenvalue weighted by Gasteiger charge is 2.30. The Hall–Kier alpha value is -2.20. The lowest BCUT2D eigenvalue weighted by atomic mass is 10.1. The molecule has 0 spiro atoms. The van der Waals surface area contributed by atoms with Crippen LogP contribution in [0.3, 0.4) is 0 Å². The molecule has 1 aromatic carbocycles. The number of ether oxygens (including phenoxy) is 2. The lowest BCUT2D eigenvalue weighted by Gasteiger charge is -2.35. The molecule has 2 aliphatic heterocycles. The molecule has 2 aliphatic rings. The van der Waals surface area contributed by atoms with Gasteiger partial charge in [0.05, 0.1) is 31.6 Å². The van der Waals surface area contributed by atoms with Crippen LogP contribution in [0.4, 0.5) is 5.69 Å². The van der Waals surface area contributed by atoms with Crippen molar-refractivity contribution in [1.29, 1.82) is 0 Å². The third-order valence-corrected chi connectivity index (χ3v) is 4.69. The zero-order chi connectivity index (χ0) is 18.5. The maximum absolute atomic E-state index is 12.6. The minimum Gasteiger partial charge on any atom is -0.497 e. The Kier molecular flexibility index (Phi) is 6.04. The number of carbonyl (C=O) groups excluding carboxylic acids is 2.